The van der Waals surface area contributed by atoms with E-state index in [1.54, 1.807) is 0 Å². The van der Waals surface area contributed by atoms with Crippen LogP contribution in [-0.4, -0.2) is 43.0 Å². The minimum atomic E-state index is -0.303. The lowest BCUT2D eigenvalue weighted by Gasteiger charge is -2.10. The van der Waals surface area contributed by atoms with Crippen molar-refractivity contribution < 1.29 is 14.3 Å². The molecule has 0 atom stereocenters. The summed E-state index contributed by atoms with van der Waals surface area (Å²) in [4.78, 5) is 23.0. The third-order valence-corrected chi connectivity index (χ3v) is 6.27. The van der Waals surface area contributed by atoms with Gasteiger partial charge < -0.3 is 15.4 Å². The standard InChI is InChI=1S/C16H22N2O3S2/c1-2-7-17-14(19)10-18-15(20)11-21-13-5-3-12(4-6-13)16-22-8-9-23-16/h3-6,16H,2,7-11H2,1H3,(H,17,19)(H,18,20). The Morgan fingerprint density at radius 3 is 2.48 bits per heavy atom. The molecular weight excluding hydrogens is 332 g/mol. The zero-order chi connectivity index (χ0) is 16.5. The van der Waals surface area contributed by atoms with Gasteiger partial charge in [0, 0.05) is 18.1 Å². The number of nitrogens with one attached hydrogen (secondary N) is 2. The molecule has 2 rings (SSSR count). The fourth-order valence-corrected chi connectivity index (χ4v) is 4.84. The van der Waals surface area contributed by atoms with E-state index in [0.717, 1.165) is 6.42 Å². The maximum Gasteiger partial charge on any atom is 0.258 e. The molecule has 1 heterocycles. The van der Waals surface area contributed by atoms with Gasteiger partial charge in [-0.2, -0.15) is 0 Å². The van der Waals surface area contributed by atoms with Crippen LogP contribution >= 0.6 is 23.5 Å². The SMILES string of the molecule is CCCNC(=O)CNC(=O)COc1ccc(C2SCCS2)cc1. The molecule has 1 aliphatic rings. The number of hydrogen-bond donors (Lipinski definition) is 2. The van der Waals surface area contributed by atoms with Crippen LogP contribution in [0.1, 0.15) is 23.5 Å². The van der Waals surface area contributed by atoms with Crippen LogP contribution in [0.3, 0.4) is 0 Å². The normalized spacial score (nSPS) is 14.5. The number of benzene rings is 1. The van der Waals surface area contributed by atoms with Crippen molar-refractivity contribution >= 4 is 35.3 Å². The van der Waals surface area contributed by atoms with E-state index in [1.165, 1.54) is 17.1 Å². The lowest BCUT2D eigenvalue weighted by Crippen LogP contribution is -2.39. The van der Waals surface area contributed by atoms with Crippen molar-refractivity contribution in [2.45, 2.75) is 17.9 Å². The summed E-state index contributed by atoms with van der Waals surface area (Å²) in [6.45, 7) is 2.49. The summed E-state index contributed by atoms with van der Waals surface area (Å²) in [7, 11) is 0. The van der Waals surface area contributed by atoms with Crippen LogP contribution in [0.5, 0.6) is 5.75 Å². The Hall–Kier alpha value is -1.34. The Labute approximate surface area is 145 Å². The molecule has 23 heavy (non-hydrogen) atoms. The molecule has 0 aromatic heterocycles. The summed E-state index contributed by atoms with van der Waals surface area (Å²) in [6, 6.07) is 7.86. The maximum absolute atomic E-state index is 11.6. The van der Waals surface area contributed by atoms with Gasteiger partial charge in [-0.15, -0.1) is 23.5 Å². The van der Waals surface area contributed by atoms with Gasteiger partial charge in [-0.1, -0.05) is 19.1 Å². The molecule has 0 radical (unpaired) electrons. The van der Waals surface area contributed by atoms with E-state index in [1.807, 2.05) is 54.7 Å². The van der Waals surface area contributed by atoms with Crippen molar-refractivity contribution in [3.63, 3.8) is 0 Å². The average molecular weight is 354 g/mol. The molecule has 2 N–H and O–H groups in total. The van der Waals surface area contributed by atoms with Crippen molar-refractivity contribution in [2.75, 3.05) is 31.2 Å². The van der Waals surface area contributed by atoms with Crippen molar-refractivity contribution in [2.24, 2.45) is 0 Å². The van der Waals surface area contributed by atoms with Gasteiger partial charge >= 0.3 is 0 Å². The second-order valence-corrected chi connectivity index (χ2v) is 7.78. The molecule has 0 aliphatic carbocycles. The van der Waals surface area contributed by atoms with Gasteiger partial charge in [0.05, 0.1) is 11.1 Å². The zero-order valence-corrected chi connectivity index (χ0v) is 14.8. The summed E-state index contributed by atoms with van der Waals surface area (Å²) in [6.07, 6.45) is 0.872. The van der Waals surface area contributed by atoms with Gasteiger partial charge in [0.15, 0.2) is 6.61 Å². The summed E-state index contributed by atoms with van der Waals surface area (Å²) in [5.41, 5.74) is 1.28. The van der Waals surface area contributed by atoms with Crippen molar-refractivity contribution in [3.05, 3.63) is 29.8 Å². The van der Waals surface area contributed by atoms with Crippen LogP contribution in [0.2, 0.25) is 0 Å². The zero-order valence-electron chi connectivity index (χ0n) is 13.2. The molecule has 1 aromatic rings. The molecule has 0 spiro atoms. The predicted molar refractivity (Wildman–Crippen MR) is 95.9 cm³/mol. The van der Waals surface area contributed by atoms with Crippen LogP contribution in [0.15, 0.2) is 24.3 Å². The van der Waals surface area contributed by atoms with Crippen LogP contribution in [-0.2, 0) is 9.59 Å². The Kier molecular flexibility index (Phi) is 7.61. The van der Waals surface area contributed by atoms with E-state index in [-0.39, 0.29) is 25.0 Å². The van der Waals surface area contributed by atoms with Crippen LogP contribution < -0.4 is 15.4 Å². The summed E-state index contributed by atoms with van der Waals surface area (Å²) < 4.78 is 5.95. The van der Waals surface area contributed by atoms with E-state index in [4.69, 9.17) is 4.74 Å². The number of amides is 2. The minimum absolute atomic E-state index is 0.0166. The van der Waals surface area contributed by atoms with Gasteiger partial charge in [0.2, 0.25) is 5.91 Å². The highest BCUT2D eigenvalue weighted by Crippen LogP contribution is 2.45. The highest BCUT2D eigenvalue weighted by Gasteiger charge is 2.18. The lowest BCUT2D eigenvalue weighted by atomic mass is 10.2. The molecule has 1 saturated heterocycles. The average Bonchev–Trinajstić information content (AvgIpc) is 3.11. The van der Waals surface area contributed by atoms with Crippen LogP contribution in [0.4, 0.5) is 0 Å². The molecule has 126 valence electrons. The fourth-order valence-electron chi connectivity index (χ4n) is 1.98. The summed E-state index contributed by atoms with van der Waals surface area (Å²) in [5.74, 6) is 2.56. The number of carbonyl (C=O) groups excluding carboxylic acids is 2. The highest BCUT2D eigenvalue weighted by molar-refractivity contribution is 8.19. The quantitative estimate of drug-likeness (QED) is 0.749. The number of thioether (sulfide) groups is 2. The van der Waals surface area contributed by atoms with E-state index >= 15 is 0 Å². The topological polar surface area (TPSA) is 67.4 Å². The molecule has 0 saturated carbocycles. The minimum Gasteiger partial charge on any atom is -0.484 e. The van der Waals surface area contributed by atoms with E-state index in [0.29, 0.717) is 16.9 Å². The smallest absolute Gasteiger partial charge is 0.258 e. The lowest BCUT2D eigenvalue weighted by molar-refractivity contribution is -0.127. The maximum atomic E-state index is 11.6. The van der Waals surface area contributed by atoms with Gasteiger partial charge in [-0.3, -0.25) is 9.59 Å². The Balaban J connectivity index is 1.68. The first-order valence-corrected chi connectivity index (χ1v) is 9.78. The predicted octanol–water partition coefficient (Wildman–Crippen LogP) is 2.19. The van der Waals surface area contributed by atoms with E-state index < -0.39 is 0 Å². The van der Waals surface area contributed by atoms with E-state index in [9.17, 15) is 9.59 Å². The molecule has 0 bridgehead atoms. The molecule has 5 nitrogen and oxygen atoms in total. The number of hydrogen-bond acceptors (Lipinski definition) is 5. The van der Waals surface area contributed by atoms with Crippen LogP contribution in [0.25, 0.3) is 0 Å². The first kappa shape index (κ1) is 18.0. The first-order valence-electron chi connectivity index (χ1n) is 7.68. The molecule has 7 heteroatoms. The number of ether oxygens (including phenoxy) is 1. The third kappa shape index (κ3) is 6.35. The number of carbonyl (C=O) groups is 2. The molecule has 1 aliphatic heterocycles. The molecule has 1 aromatic carbocycles. The first-order chi connectivity index (χ1) is 11.2. The largest absolute Gasteiger partial charge is 0.484 e. The Bertz CT molecular complexity index is 517. The highest BCUT2D eigenvalue weighted by atomic mass is 32.2. The second-order valence-electron chi connectivity index (χ2n) is 5.06. The van der Waals surface area contributed by atoms with Gasteiger partial charge in [0.1, 0.15) is 5.75 Å². The molecule has 2 amide bonds. The van der Waals surface area contributed by atoms with Crippen molar-refractivity contribution in [1.29, 1.82) is 0 Å². The Morgan fingerprint density at radius 1 is 1.13 bits per heavy atom. The third-order valence-electron chi connectivity index (χ3n) is 3.16. The summed E-state index contributed by atoms with van der Waals surface area (Å²) in [5, 5.41) is 5.23. The van der Waals surface area contributed by atoms with Gasteiger partial charge in [-0.25, -0.2) is 0 Å². The van der Waals surface area contributed by atoms with Crippen molar-refractivity contribution in [3.8, 4) is 5.75 Å². The van der Waals surface area contributed by atoms with Gasteiger partial charge in [-0.05, 0) is 24.1 Å². The monoisotopic (exact) mass is 354 g/mol. The second kappa shape index (κ2) is 9.72. The molecular formula is C16H22N2O3S2. The Morgan fingerprint density at radius 2 is 1.83 bits per heavy atom. The number of rotatable bonds is 8. The fraction of sp³-hybridized carbons (Fsp3) is 0.500. The van der Waals surface area contributed by atoms with Gasteiger partial charge in [0.25, 0.3) is 5.91 Å². The van der Waals surface area contributed by atoms with Crippen LogP contribution in [0, 0.1) is 0 Å². The molecule has 1 fully saturated rings. The summed E-state index contributed by atoms with van der Waals surface area (Å²) >= 11 is 3.91. The van der Waals surface area contributed by atoms with E-state index in [2.05, 4.69) is 10.6 Å². The van der Waals surface area contributed by atoms with Crippen molar-refractivity contribution in [1.82, 2.24) is 10.6 Å². The molecule has 0 unspecified atom stereocenters.